The van der Waals surface area contributed by atoms with E-state index < -0.39 is 0 Å². The van der Waals surface area contributed by atoms with Crippen LogP contribution in [-0.2, 0) is 0 Å². The van der Waals surface area contributed by atoms with Crippen LogP contribution in [0.15, 0.2) is 48.7 Å². The highest BCUT2D eigenvalue weighted by Gasteiger charge is 2.21. The summed E-state index contributed by atoms with van der Waals surface area (Å²) in [6, 6.07) is 14.6. The van der Waals surface area contributed by atoms with E-state index in [1.807, 2.05) is 12.1 Å². The van der Waals surface area contributed by atoms with Gasteiger partial charge in [0.25, 0.3) is 0 Å². The van der Waals surface area contributed by atoms with Crippen LogP contribution in [0.1, 0.15) is 31.4 Å². The molecule has 4 rings (SSSR count). The van der Waals surface area contributed by atoms with Gasteiger partial charge < -0.3 is 21.5 Å². The summed E-state index contributed by atoms with van der Waals surface area (Å²) >= 11 is 0. The molecular weight excluding hydrogens is 378 g/mol. The minimum Gasteiger partial charge on any atom is -0.396 e. The smallest absolute Gasteiger partial charge is 0.227 e. The van der Waals surface area contributed by atoms with Gasteiger partial charge in [-0.05, 0) is 36.1 Å². The van der Waals surface area contributed by atoms with Crippen LogP contribution < -0.4 is 16.4 Å². The predicted octanol–water partition coefficient (Wildman–Crippen LogP) is 3.08. The molecule has 0 aliphatic rings. The first-order valence-corrected chi connectivity index (χ1v) is 9.99. The summed E-state index contributed by atoms with van der Waals surface area (Å²) in [5.41, 5.74) is 13.3. The Morgan fingerprint density at radius 2 is 1.77 bits per heavy atom. The first-order chi connectivity index (χ1) is 14.6. The topological polar surface area (TPSA) is 127 Å². The van der Waals surface area contributed by atoms with E-state index in [-0.39, 0.29) is 24.4 Å². The minimum atomic E-state index is 0.00349. The molecule has 154 valence electrons. The van der Waals surface area contributed by atoms with Crippen molar-refractivity contribution in [3.8, 4) is 0 Å². The molecule has 5 N–H and O–H groups in total. The zero-order valence-corrected chi connectivity index (χ0v) is 16.9. The second kappa shape index (κ2) is 8.46. The Balaban J connectivity index is 1.78. The molecule has 0 saturated carbocycles. The van der Waals surface area contributed by atoms with Crippen LogP contribution in [0.5, 0.6) is 0 Å². The molecule has 0 radical (unpaired) electrons. The number of hydrogen-bond donors (Lipinski definition) is 3. The molecule has 1 unspecified atom stereocenters. The van der Waals surface area contributed by atoms with Crippen molar-refractivity contribution in [3.05, 3.63) is 54.2 Å². The number of anilines is 3. The molecule has 1 atom stereocenters. The van der Waals surface area contributed by atoms with Crippen molar-refractivity contribution >= 4 is 39.5 Å². The van der Waals surface area contributed by atoms with Gasteiger partial charge in [0.2, 0.25) is 11.9 Å². The van der Waals surface area contributed by atoms with Crippen LogP contribution in [0, 0.1) is 0 Å². The maximum absolute atomic E-state index is 9.25. The van der Waals surface area contributed by atoms with Crippen LogP contribution in [0.2, 0.25) is 0 Å². The highest BCUT2D eigenvalue weighted by atomic mass is 16.2. The number of nitrogens with two attached hydrogens (primary N) is 2. The third kappa shape index (κ3) is 3.81. The molecule has 30 heavy (non-hydrogen) atoms. The lowest BCUT2D eigenvalue weighted by atomic mass is 9.98. The lowest BCUT2D eigenvalue weighted by Crippen LogP contribution is -2.30. The van der Waals surface area contributed by atoms with E-state index in [0.29, 0.717) is 29.9 Å². The maximum atomic E-state index is 9.25. The fourth-order valence-electron chi connectivity index (χ4n) is 3.73. The number of fused-ring (bicyclic) bond motifs is 2. The number of nitrogens with zero attached hydrogens (tertiary/aromatic N) is 5. The number of aromatic nitrogens is 4. The van der Waals surface area contributed by atoms with E-state index in [9.17, 15) is 5.11 Å². The van der Waals surface area contributed by atoms with Gasteiger partial charge in [0, 0.05) is 19.3 Å². The van der Waals surface area contributed by atoms with Crippen molar-refractivity contribution in [2.24, 2.45) is 0 Å². The van der Waals surface area contributed by atoms with Crippen molar-refractivity contribution in [1.82, 2.24) is 19.9 Å². The van der Waals surface area contributed by atoms with Crippen LogP contribution >= 0.6 is 0 Å². The summed E-state index contributed by atoms with van der Waals surface area (Å²) in [4.78, 5) is 19.5. The summed E-state index contributed by atoms with van der Waals surface area (Å²) in [5.74, 6) is 0.884. The quantitative estimate of drug-likeness (QED) is 0.402. The Morgan fingerprint density at radius 1 is 0.967 bits per heavy atom. The molecule has 8 nitrogen and oxygen atoms in total. The normalized spacial score (nSPS) is 12.3. The number of nitrogen functional groups attached to an aromatic ring is 2. The van der Waals surface area contributed by atoms with Crippen molar-refractivity contribution in [3.63, 3.8) is 0 Å². The fourth-order valence-corrected chi connectivity index (χ4v) is 3.73. The Bertz CT molecular complexity index is 1180. The summed E-state index contributed by atoms with van der Waals surface area (Å²) in [6.07, 6.45) is 3.15. The van der Waals surface area contributed by atoms with Gasteiger partial charge >= 0.3 is 0 Å². The molecule has 0 aliphatic heterocycles. The molecule has 4 aromatic rings. The number of aliphatic hydroxyl groups excluding tert-OH is 1. The van der Waals surface area contributed by atoms with E-state index >= 15 is 0 Å². The van der Waals surface area contributed by atoms with E-state index in [2.05, 4.69) is 62.1 Å². The average Bonchev–Trinajstić information content (AvgIpc) is 2.75. The van der Waals surface area contributed by atoms with E-state index in [1.165, 1.54) is 16.3 Å². The van der Waals surface area contributed by atoms with Gasteiger partial charge in [-0.3, -0.25) is 0 Å². The zero-order chi connectivity index (χ0) is 21.1. The van der Waals surface area contributed by atoms with Gasteiger partial charge in [-0.15, -0.1) is 0 Å². The Labute approximate surface area is 174 Å². The summed E-state index contributed by atoms with van der Waals surface area (Å²) in [6.45, 7) is 2.97. The number of aliphatic hydroxyl groups is 1. The molecule has 0 fully saturated rings. The molecule has 2 heterocycles. The van der Waals surface area contributed by atoms with Gasteiger partial charge in [0.15, 0.2) is 5.65 Å². The third-order valence-electron chi connectivity index (χ3n) is 5.29. The number of rotatable bonds is 7. The molecule has 2 aromatic heterocycles. The van der Waals surface area contributed by atoms with E-state index in [0.717, 1.165) is 6.42 Å². The standard InChI is InChI=1S/C22H25N7O/c1-14(16-10-6-8-15-7-2-3-9-17(15)16)29(11-4-5-12-30)22-25-13-18-19(23)26-21(24)27-20(18)28-22/h2-3,6-10,13-14,30H,4-5,11-12H2,1H3,(H4,23,24,25,26,27,28). The fraction of sp³-hybridized carbons (Fsp3) is 0.273. The summed E-state index contributed by atoms with van der Waals surface area (Å²) < 4.78 is 0. The van der Waals surface area contributed by atoms with E-state index in [1.54, 1.807) is 6.20 Å². The van der Waals surface area contributed by atoms with Crippen molar-refractivity contribution < 1.29 is 5.11 Å². The maximum Gasteiger partial charge on any atom is 0.227 e. The Kier molecular flexibility index (Phi) is 5.58. The zero-order valence-electron chi connectivity index (χ0n) is 16.9. The third-order valence-corrected chi connectivity index (χ3v) is 5.29. The molecule has 0 bridgehead atoms. The van der Waals surface area contributed by atoms with Crippen molar-refractivity contribution in [2.45, 2.75) is 25.8 Å². The Hall–Kier alpha value is -3.52. The molecule has 2 aromatic carbocycles. The molecule has 8 heteroatoms. The molecule has 0 aliphatic carbocycles. The van der Waals surface area contributed by atoms with Gasteiger partial charge in [-0.25, -0.2) is 4.98 Å². The second-order valence-electron chi connectivity index (χ2n) is 7.24. The van der Waals surface area contributed by atoms with Crippen molar-refractivity contribution in [1.29, 1.82) is 0 Å². The highest BCUT2D eigenvalue weighted by Crippen LogP contribution is 2.31. The lowest BCUT2D eigenvalue weighted by molar-refractivity contribution is 0.284. The summed E-state index contributed by atoms with van der Waals surface area (Å²) in [5, 5.41) is 12.2. The van der Waals surface area contributed by atoms with Crippen molar-refractivity contribution in [2.75, 3.05) is 29.5 Å². The van der Waals surface area contributed by atoms with Crippen LogP contribution in [0.3, 0.4) is 0 Å². The first-order valence-electron chi connectivity index (χ1n) is 9.99. The van der Waals surface area contributed by atoms with Gasteiger partial charge in [0.1, 0.15) is 5.82 Å². The van der Waals surface area contributed by atoms with Crippen LogP contribution in [0.4, 0.5) is 17.7 Å². The number of benzene rings is 2. The van der Waals surface area contributed by atoms with Crippen LogP contribution in [-0.4, -0.2) is 38.2 Å². The van der Waals surface area contributed by atoms with Gasteiger partial charge in [-0.1, -0.05) is 42.5 Å². The minimum absolute atomic E-state index is 0.00349. The SMILES string of the molecule is CC(c1cccc2ccccc12)N(CCCCO)c1ncc2c(N)nc(N)nc2n1. The molecule has 0 saturated heterocycles. The number of unbranched alkanes of at least 4 members (excludes halogenated alkanes) is 1. The molecule has 0 spiro atoms. The lowest BCUT2D eigenvalue weighted by Gasteiger charge is -2.30. The van der Waals surface area contributed by atoms with Crippen LogP contribution in [0.25, 0.3) is 21.8 Å². The van der Waals surface area contributed by atoms with Gasteiger partial charge in [0.05, 0.1) is 11.4 Å². The monoisotopic (exact) mass is 403 g/mol. The molecular formula is C22H25N7O. The van der Waals surface area contributed by atoms with E-state index in [4.69, 9.17) is 11.5 Å². The predicted molar refractivity (Wildman–Crippen MR) is 120 cm³/mol. The van der Waals surface area contributed by atoms with Gasteiger partial charge in [-0.2, -0.15) is 15.0 Å². The largest absolute Gasteiger partial charge is 0.396 e. The average molecular weight is 403 g/mol. The highest BCUT2D eigenvalue weighted by molar-refractivity contribution is 5.87. The second-order valence-corrected chi connectivity index (χ2v) is 7.24. The summed E-state index contributed by atoms with van der Waals surface area (Å²) in [7, 11) is 0. The first kappa shape index (κ1) is 19.8. The Morgan fingerprint density at radius 3 is 2.60 bits per heavy atom. The number of hydrogen-bond acceptors (Lipinski definition) is 8. The molecule has 0 amide bonds.